The molecule has 0 aromatic heterocycles. The number of hydrogen-bond donors (Lipinski definition) is 2. The summed E-state index contributed by atoms with van der Waals surface area (Å²) >= 11 is 0. The molecule has 1 aliphatic rings. The average molecular weight is 356 g/mol. The minimum atomic E-state index is -3.60. The molecule has 8 heteroatoms. The minimum Gasteiger partial charge on any atom is -0.348 e. The molecule has 1 unspecified atom stereocenters. The third kappa shape index (κ3) is 7.26. The molecule has 2 N–H and O–H groups in total. The smallest absolute Gasteiger partial charge is 0.241 e. The van der Waals surface area contributed by atoms with Gasteiger partial charge in [0, 0.05) is 33.2 Å². The molecule has 0 radical (unpaired) electrons. The van der Waals surface area contributed by atoms with Gasteiger partial charge in [-0.05, 0) is 19.8 Å². The van der Waals surface area contributed by atoms with E-state index in [2.05, 4.69) is 10.0 Å². The zero-order valence-corrected chi connectivity index (χ0v) is 15.4. The summed E-state index contributed by atoms with van der Waals surface area (Å²) in [6.45, 7) is 2.35. The van der Waals surface area contributed by atoms with Crippen LogP contribution < -0.4 is 10.0 Å². The van der Waals surface area contributed by atoms with E-state index >= 15 is 0 Å². The molecule has 22 heavy (non-hydrogen) atoms. The summed E-state index contributed by atoms with van der Waals surface area (Å²) in [4.78, 5) is 13.0. The quantitative estimate of drug-likeness (QED) is 0.530. The van der Waals surface area contributed by atoms with Crippen LogP contribution in [0.2, 0.25) is 0 Å². The van der Waals surface area contributed by atoms with Gasteiger partial charge in [0.05, 0.1) is 0 Å². The third-order valence-corrected chi connectivity index (χ3v) is 5.71. The second kappa shape index (κ2) is 10.4. The van der Waals surface area contributed by atoms with Gasteiger partial charge >= 0.3 is 0 Å². The van der Waals surface area contributed by atoms with Crippen LogP contribution in [0.3, 0.4) is 0 Å². The SMILES string of the molecule is CC(C(=O)N(C)C)S(=O)(=O)NCCNC1CCCCCC1.Cl. The lowest BCUT2D eigenvalue weighted by Gasteiger charge is -2.19. The normalized spacial score (nSPS) is 18.1. The van der Waals surface area contributed by atoms with Crippen LogP contribution in [0.4, 0.5) is 0 Å². The highest BCUT2D eigenvalue weighted by Gasteiger charge is 2.28. The highest BCUT2D eigenvalue weighted by molar-refractivity contribution is 7.90. The van der Waals surface area contributed by atoms with Crippen LogP contribution in [0.15, 0.2) is 0 Å². The number of carbonyl (C=O) groups is 1. The fraction of sp³-hybridized carbons (Fsp3) is 0.929. The maximum atomic E-state index is 12.0. The molecule has 1 fully saturated rings. The van der Waals surface area contributed by atoms with Crippen molar-refractivity contribution in [1.82, 2.24) is 14.9 Å². The van der Waals surface area contributed by atoms with Crippen LogP contribution in [0.1, 0.15) is 45.4 Å². The lowest BCUT2D eigenvalue weighted by molar-refractivity contribution is -0.127. The molecule has 0 bridgehead atoms. The molecule has 6 nitrogen and oxygen atoms in total. The molecule has 1 rings (SSSR count). The van der Waals surface area contributed by atoms with Gasteiger partial charge in [0.25, 0.3) is 0 Å². The standard InChI is InChI=1S/C14H29N3O3S.ClH/c1-12(14(18)17(2)3)21(19,20)16-11-10-15-13-8-6-4-5-7-9-13;/h12-13,15-16H,4-11H2,1-3H3;1H. The molecule has 0 aliphatic heterocycles. The topological polar surface area (TPSA) is 78.5 Å². The maximum absolute atomic E-state index is 12.0. The largest absolute Gasteiger partial charge is 0.348 e. The van der Waals surface area contributed by atoms with Crippen LogP contribution >= 0.6 is 12.4 Å². The van der Waals surface area contributed by atoms with E-state index in [-0.39, 0.29) is 12.4 Å². The van der Waals surface area contributed by atoms with E-state index in [1.54, 1.807) is 14.1 Å². The van der Waals surface area contributed by atoms with Crippen molar-refractivity contribution in [2.75, 3.05) is 27.2 Å². The number of nitrogens with one attached hydrogen (secondary N) is 2. The van der Waals surface area contributed by atoms with Gasteiger partial charge in [0.15, 0.2) is 5.25 Å². The van der Waals surface area contributed by atoms with Crippen LogP contribution in [0, 0.1) is 0 Å². The van der Waals surface area contributed by atoms with Crippen molar-refractivity contribution >= 4 is 28.3 Å². The number of carbonyl (C=O) groups excluding carboxylic acids is 1. The van der Waals surface area contributed by atoms with Gasteiger partial charge in [0.2, 0.25) is 15.9 Å². The second-order valence-corrected chi connectivity index (χ2v) is 8.04. The van der Waals surface area contributed by atoms with E-state index in [0.29, 0.717) is 19.1 Å². The zero-order valence-electron chi connectivity index (χ0n) is 13.8. The Labute approximate surface area is 140 Å². The molecule has 0 spiro atoms. The Morgan fingerprint density at radius 1 is 1.14 bits per heavy atom. The first-order chi connectivity index (χ1) is 9.84. The first-order valence-electron chi connectivity index (χ1n) is 7.77. The van der Waals surface area contributed by atoms with Crippen LogP contribution in [-0.2, 0) is 14.8 Å². The highest BCUT2D eigenvalue weighted by Crippen LogP contribution is 2.16. The van der Waals surface area contributed by atoms with Crippen molar-refractivity contribution in [2.24, 2.45) is 0 Å². The predicted molar refractivity (Wildman–Crippen MR) is 91.8 cm³/mol. The summed E-state index contributed by atoms with van der Waals surface area (Å²) in [6, 6.07) is 0.498. The Kier molecular flexibility index (Phi) is 10.2. The molecule has 1 aliphatic carbocycles. The number of amides is 1. The number of halogens is 1. The first kappa shape index (κ1) is 21.6. The van der Waals surface area contributed by atoms with Crippen LogP contribution in [-0.4, -0.2) is 57.7 Å². The molecule has 1 atom stereocenters. The van der Waals surface area contributed by atoms with E-state index in [0.717, 1.165) is 0 Å². The Bertz CT molecular complexity index is 421. The molecule has 0 saturated heterocycles. The Hall–Kier alpha value is -0.370. The van der Waals surface area contributed by atoms with Crippen molar-refractivity contribution in [3.63, 3.8) is 0 Å². The second-order valence-electron chi connectivity index (χ2n) is 5.96. The van der Waals surface area contributed by atoms with Gasteiger partial charge in [-0.15, -0.1) is 12.4 Å². The molecule has 1 amide bonds. The Balaban J connectivity index is 0.00000441. The van der Waals surface area contributed by atoms with E-state index < -0.39 is 21.2 Å². The molecular weight excluding hydrogens is 326 g/mol. The van der Waals surface area contributed by atoms with Crippen LogP contribution in [0.5, 0.6) is 0 Å². The summed E-state index contributed by atoms with van der Waals surface area (Å²) in [5, 5.41) is 2.35. The lowest BCUT2D eigenvalue weighted by Crippen LogP contribution is -2.45. The molecular formula is C14H30ClN3O3S. The molecule has 0 aromatic rings. The van der Waals surface area contributed by atoms with Crippen LogP contribution in [0.25, 0.3) is 0 Å². The third-order valence-electron chi connectivity index (χ3n) is 3.97. The van der Waals surface area contributed by atoms with Gasteiger partial charge < -0.3 is 10.2 Å². The lowest BCUT2D eigenvalue weighted by atomic mass is 10.1. The maximum Gasteiger partial charge on any atom is 0.241 e. The van der Waals surface area contributed by atoms with Crippen molar-refractivity contribution in [2.45, 2.75) is 56.7 Å². The highest BCUT2D eigenvalue weighted by atomic mass is 35.5. The van der Waals surface area contributed by atoms with Crippen molar-refractivity contribution in [3.8, 4) is 0 Å². The zero-order chi connectivity index (χ0) is 15.9. The number of hydrogen-bond acceptors (Lipinski definition) is 4. The number of rotatable bonds is 7. The fourth-order valence-corrected chi connectivity index (χ4v) is 3.69. The Morgan fingerprint density at radius 2 is 1.68 bits per heavy atom. The molecule has 1 saturated carbocycles. The monoisotopic (exact) mass is 355 g/mol. The number of nitrogens with zero attached hydrogens (tertiary/aromatic N) is 1. The van der Waals surface area contributed by atoms with E-state index in [1.165, 1.54) is 50.3 Å². The first-order valence-corrected chi connectivity index (χ1v) is 9.32. The Morgan fingerprint density at radius 3 is 2.18 bits per heavy atom. The summed E-state index contributed by atoms with van der Waals surface area (Å²) in [6.07, 6.45) is 7.43. The molecule has 0 aromatic carbocycles. The summed E-state index contributed by atoms with van der Waals surface area (Å²) in [5.74, 6) is -0.403. The van der Waals surface area contributed by atoms with E-state index in [4.69, 9.17) is 0 Å². The number of sulfonamides is 1. The predicted octanol–water partition coefficient (Wildman–Crippen LogP) is 1.12. The molecule has 132 valence electrons. The minimum absolute atomic E-state index is 0. The van der Waals surface area contributed by atoms with Crippen molar-refractivity contribution in [1.29, 1.82) is 0 Å². The fourth-order valence-electron chi connectivity index (χ4n) is 2.57. The molecule has 0 heterocycles. The van der Waals surface area contributed by atoms with Gasteiger partial charge in [-0.25, -0.2) is 13.1 Å². The summed E-state index contributed by atoms with van der Waals surface area (Å²) in [7, 11) is -0.481. The summed E-state index contributed by atoms with van der Waals surface area (Å²) in [5.41, 5.74) is 0. The van der Waals surface area contributed by atoms with Gasteiger partial charge in [-0.1, -0.05) is 25.7 Å². The van der Waals surface area contributed by atoms with Gasteiger partial charge in [-0.2, -0.15) is 0 Å². The van der Waals surface area contributed by atoms with Crippen molar-refractivity contribution < 1.29 is 13.2 Å². The van der Waals surface area contributed by atoms with Crippen molar-refractivity contribution in [3.05, 3.63) is 0 Å². The van der Waals surface area contributed by atoms with E-state index in [1.807, 2.05) is 0 Å². The van der Waals surface area contributed by atoms with Gasteiger partial charge in [-0.3, -0.25) is 4.79 Å². The average Bonchev–Trinajstić information content (AvgIpc) is 2.70. The van der Waals surface area contributed by atoms with Gasteiger partial charge in [0.1, 0.15) is 0 Å². The van der Waals surface area contributed by atoms with E-state index in [9.17, 15) is 13.2 Å². The summed E-state index contributed by atoms with van der Waals surface area (Å²) < 4.78 is 26.5.